The quantitative estimate of drug-likeness (QED) is 0.804. The van der Waals surface area contributed by atoms with E-state index in [0.717, 1.165) is 34.1 Å². The van der Waals surface area contributed by atoms with Gasteiger partial charge in [-0.2, -0.15) is 0 Å². The van der Waals surface area contributed by atoms with Crippen LogP contribution in [-0.2, 0) is 11.4 Å². The van der Waals surface area contributed by atoms with Crippen LogP contribution in [0.5, 0.6) is 11.5 Å². The summed E-state index contributed by atoms with van der Waals surface area (Å²) in [4.78, 5) is 10.7. The summed E-state index contributed by atoms with van der Waals surface area (Å²) < 4.78 is 11.4. The molecule has 126 valence electrons. The second-order valence-corrected chi connectivity index (χ2v) is 5.74. The first-order valence-corrected chi connectivity index (χ1v) is 7.69. The van der Waals surface area contributed by atoms with E-state index in [2.05, 4.69) is 13.0 Å². The van der Waals surface area contributed by atoms with Gasteiger partial charge in [0.1, 0.15) is 18.1 Å². The fourth-order valence-corrected chi connectivity index (χ4v) is 2.49. The van der Waals surface area contributed by atoms with Crippen molar-refractivity contribution in [2.75, 3.05) is 7.11 Å². The molecule has 0 unspecified atom stereocenters. The van der Waals surface area contributed by atoms with Gasteiger partial charge in [0.2, 0.25) is 0 Å². The minimum absolute atomic E-state index is 0.349. The molecule has 2 rings (SSSR count). The van der Waals surface area contributed by atoms with Crippen molar-refractivity contribution in [1.29, 1.82) is 0 Å². The first-order chi connectivity index (χ1) is 11.4. The van der Waals surface area contributed by atoms with Crippen LogP contribution < -0.4 is 9.47 Å². The minimum atomic E-state index is -0.977. The summed E-state index contributed by atoms with van der Waals surface area (Å²) in [5.41, 5.74) is 5.10. The number of hydrogen-bond acceptors (Lipinski definition) is 3. The van der Waals surface area contributed by atoms with E-state index in [9.17, 15) is 4.79 Å². The average molecular weight is 326 g/mol. The van der Waals surface area contributed by atoms with Crippen molar-refractivity contribution in [3.05, 3.63) is 64.2 Å². The molecule has 1 N–H and O–H groups in total. The van der Waals surface area contributed by atoms with Crippen LogP contribution in [-0.4, -0.2) is 18.2 Å². The zero-order valence-corrected chi connectivity index (χ0v) is 14.4. The summed E-state index contributed by atoms with van der Waals surface area (Å²) >= 11 is 0. The summed E-state index contributed by atoms with van der Waals surface area (Å²) in [5, 5.41) is 8.74. The number of carboxylic acids is 1. The molecule has 0 heterocycles. The number of aryl methyl sites for hydroxylation is 2. The Labute approximate surface area is 142 Å². The van der Waals surface area contributed by atoms with Crippen LogP contribution in [0.3, 0.4) is 0 Å². The standard InChI is InChI=1S/C20H22O4/c1-13-9-14(2)15(3)19(10-13)24-12-17-11-16(6-8-20(21)22)5-7-18(17)23-4/h5-11H,12H2,1-4H3,(H,21,22)/b8-6+. The molecule has 24 heavy (non-hydrogen) atoms. The molecule has 0 saturated heterocycles. The van der Waals surface area contributed by atoms with Crippen LogP contribution in [0.25, 0.3) is 6.08 Å². The van der Waals surface area contributed by atoms with E-state index in [1.807, 2.05) is 38.1 Å². The summed E-state index contributed by atoms with van der Waals surface area (Å²) in [6.07, 6.45) is 2.66. The molecule has 0 saturated carbocycles. The monoisotopic (exact) mass is 326 g/mol. The molecule has 2 aromatic rings. The summed E-state index contributed by atoms with van der Waals surface area (Å²) in [6, 6.07) is 9.64. The van der Waals surface area contributed by atoms with Crippen molar-refractivity contribution in [3.8, 4) is 11.5 Å². The Morgan fingerprint density at radius 2 is 1.88 bits per heavy atom. The second kappa shape index (κ2) is 7.68. The Morgan fingerprint density at radius 3 is 2.54 bits per heavy atom. The molecule has 0 atom stereocenters. The Kier molecular flexibility index (Phi) is 5.64. The number of aliphatic carboxylic acids is 1. The fourth-order valence-electron chi connectivity index (χ4n) is 2.49. The lowest BCUT2D eigenvalue weighted by Crippen LogP contribution is -2.01. The lowest BCUT2D eigenvalue weighted by Gasteiger charge is -2.14. The largest absolute Gasteiger partial charge is 0.496 e. The van der Waals surface area contributed by atoms with Crippen molar-refractivity contribution in [2.24, 2.45) is 0 Å². The summed E-state index contributed by atoms with van der Waals surface area (Å²) in [6.45, 7) is 6.49. The Balaban J connectivity index is 2.25. The van der Waals surface area contributed by atoms with Crippen LogP contribution >= 0.6 is 0 Å². The van der Waals surface area contributed by atoms with Crippen molar-refractivity contribution in [1.82, 2.24) is 0 Å². The van der Waals surface area contributed by atoms with Crippen LogP contribution in [0.1, 0.15) is 27.8 Å². The van der Waals surface area contributed by atoms with Gasteiger partial charge in [-0.25, -0.2) is 4.79 Å². The highest BCUT2D eigenvalue weighted by atomic mass is 16.5. The number of carboxylic acid groups (broad SMARTS) is 1. The predicted molar refractivity (Wildman–Crippen MR) is 94.6 cm³/mol. The highest BCUT2D eigenvalue weighted by molar-refractivity contribution is 5.85. The number of carbonyl (C=O) groups is 1. The van der Waals surface area contributed by atoms with Gasteiger partial charge in [0.05, 0.1) is 7.11 Å². The van der Waals surface area contributed by atoms with Gasteiger partial charge >= 0.3 is 5.97 Å². The van der Waals surface area contributed by atoms with Crippen LogP contribution in [0.2, 0.25) is 0 Å². The molecule has 0 radical (unpaired) electrons. The molecule has 4 nitrogen and oxygen atoms in total. The van der Waals surface area contributed by atoms with Gasteiger partial charge in [-0.15, -0.1) is 0 Å². The Morgan fingerprint density at radius 1 is 1.12 bits per heavy atom. The van der Waals surface area contributed by atoms with Gasteiger partial charge in [0, 0.05) is 11.6 Å². The number of benzene rings is 2. The average Bonchev–Trinajstić information content (AvgIpc) is 2.54. The lowest BCUT2D eigenvalue weighted by atomic mass is 10.1. The fraction of sp³-hybridized carbons (Fsp3) is 0.250. The maximum absolute atomic E-state index is 10.7. The third-order valence-corrected chi connectivity index (χ3v) is 3.87. The first-order valence-electron chi connectivity index (χ1n) is 7.69. The van der Waals surface area contributed by atoms with E-state index in [4.69, 9.17) is 14.6 Å². The maximum Gasteiger partial charge on any atom is 0.328 e. The van der Waals surface area contributed by atoms with Gasteiger partial charge in [0.25, 0.3) is 0 Å². The second-order valence-electron chi connectivity index (χ2n) is 5.74. The molecule has 0 fully saturated rings. The molecule has 0 amide bonds. The molecule has 0 spiro atoms. The van der Waals surface area contributed by atoms with E-state index in [-0.39, 0.29) is 0 Å². The van der Waals surface area contributed by atoms with Crippen LogP contribution in [0.15, 0.2) is 36.4 Å². The van der Waals surface area contributed by atoms with Crippen LogP contribution in [0, 0.1) is 20.8 Å². The molecule has 0 aliphatic carbocycles. The Bertz CT molecular complexity index is 775. The number of rotatable bonds is 6. The maximum atomic E-state index is 10.7. The zero-order valence-electron chi connectivity index (χ0n) is 14.4. The first kappa shape index (κ1) is 17.6. The summed E-state index contributed by atoms with van der Waals surface area (Å²) in [7, 11) is 1.60. The van der Waals surface area contributed by atoms with E-state index in [1.54, 1.807) is 13.2 Å². The van der Waals surface area contributed by atoms with E-state index < -0.39 is 5.97 Å². The number of hydrogen-bond donors (Lipinski definition) is 1. The smallest absolute Gasteiger partial charge is 0.328 e. The summed E-state index contributed by atoms with van der Waals surface area (Å²) in [5.74, 6) is 0.583. The van der Waals surface area contributed by atoms with Crippen LogP contribution in [0.4, 0.5) is 0 Å². The number of ether oxygens (including phenoxy) is 2. The molecular formula is C20H22O4. The topological polar surface area (TPSA) is 55.8 Å². The van der Waals surface area contributed by atoms with E-state index in [0.29, 0.717) is 12.4 Å². The lowest BCUT2D eigenvalue weighted by molar-refractivity contribution is -0.131. The molecular weight excluding hydrogens is 304 g/mol. The third kappa shape index (κ3) is 4.38. The van der Waals surface area contributed by atoms with E-state index >= 15 is 0 Å². The highest BCUT2D eigenvalue weighted by Crippen LogP contribution is 2.27. The Hall–Kier alpha value is -2.75. The van der Waals surface area contributed by atoms with Crippen molar-refractivity contribution in [2.45, 2.75) is 27.4 Å². The third-order valence-electron chi connectivity index (χ3n) is 3.87. The van der Waals surface area contributed by atoms with Crippen molar-refractivity contribution in [3.63, 3.8) is 0 Å². The van der Waals surface area contributed by atoms with Gasteiger partial charge in [-0.05, 0) is 67.3 Å². The van der Waals surface area contributed by atoms with Crippen molar-refractivity contribution < 1.29 is 19.4 Å². The molecule has 0 aromatic heterocycles. The molecule has 2 aromatic carbocycles. The normalized spacial score (nSPS) is 10.8. The van der Waals surface area contributed by atoms with Gasteiger partial charge in [-0.1, -0.05) is 12.1 Å². The molecule has 0 aliphatic rings. The minimum Gasteiger partial charge on any atom is -0.496 e. The highest BCUT2D eigenvalue weighted by Gasteiger charge is 2.08. The predicted octanol–water partition coefficient (Wildman–Crippen LogP) is 4.30. The van der Waals surface area contributed by atoms with Gasteiger partial charge < -0.3 is 14.6 Å². The number of methoxy groups -OCH3 is 1. The molecule has 0 aliphatic heterocycles. The zero-order chi connectivity index (χ0) is 17.7. The molecule has 4 heteroatoms. The van der Waals surface area contributed by atoms with Gasteiger partial charge in [-0.3, -0.25) is 0 Å². The SMILES string of the molecule is COc1ccc(/C=C/C(=O)O)cc1COc1cc(C)cc(C)c1C. The molecule has 0 bridgehead atoms. The van der Waals surface area contributed by atoms with E-state index in [1.165, 1.54) is 5.56 Å². The van der Waals surface area contributed by atoms with Gasteiger partial charge in [0.15, 0.2) is 0 Å². The van der Waals surface area contributed by atoms with Crippen molar-refractivity contribution >= 4 is 12.0 Å².